The van der Waals surface area contributed by atoms with Crippen LogP contribution in [0.5, 0.6) is 0 Å². The molecule has 6 heavy (non-hydrogen) atoms. The Balaban J connectivity index is -0.0000000450. The van der Waals surface area contributed by atoms with Gasteiger partial charge in [-0.15, -0.1) is 0 Å². The van der Waals surface area contributed by atoms with Crippen LogP contribution in [0.1, 0.15) is 6.42 Å². The third-order valence-corrected chi connectivity index (χ3v) is 0.158. The standard InChI is InChI=1S/C3H7O.CH3.Y/c1-2-3-4;;/h4H,1-3H2;1H3;/q2*-1;. The van der Waals surface area contributed by atoms with Gasteiger partial charge in [0.05, 0.1) is 0 Å². The second kappa shape index (κ2) is 16.6. The van der Waals surface area contributed by atoms with Crippen molar-refractivity contribution < 1.29 is 37.8 Å². The largest absolute Gasteiger partial charge is 0.399 e. The second-order valence-electron chi connectivity index (χ2n) is 0.577. The van der Waals surface area contributed by atoms with E-state index in [1.165, 1.54) is 0 Å². The van der Waals surface area contributed by atoms with Crippen LogP contribution in [0.25, 0.3) is 0 Å². The topological polar surface area (TPSA) is 20.2 Å². The summed E-state index contributed by atoms with van der Waals surface area (Å²) in [4.78, 5) is 0. The van der Waals surface area contributed by atoms with E-state index >= 15 is 0 Å². The number of hydrogen-bond acceptors (Lipinski definition) is 1. The molecule has 0 atom stereocenters. The van der Waals surface area contributed by atoms with E-state index < -0.39 is 0 Å². The minimum atomic E-state index is 0. The molecule has 0 bridgehead atoms. The second-order valence-corrected chi connectivity index (χ2v) is 0.577. The molecule has 0 heterocycles. The van der Waals surface area contributed by atoms with Gasteiger partial charge in [-0.05, 0) is 0 Å². The predicted molar refractivity (Wildman–Crippen MR) is 23.5 cm³/mol. The summed E-state index contributed by atoms with van der Waals surface area (Å²) in [6.07, 6.45) is 0.625. The predicted octanol–water partition coefficient (Wildman–Crippen LogP) is 0.651. The van der Waals surface area contributed by atoms with Gasteiger partial charge in [0, 0.05) is 39.3 Å². The van der Waals surface area contributed by atoms with E-state index in [9.17, 15) is 0 Å². The normalized spacial score (nSPS) is 5.00. The Morgan fingerprint density at radius 1 is 1.50 bits per heavy atom. The van der Waals surface area contributed by atoms with Crippen molar-refractivity contribution in [1.29, 1.82) is 0 Å². The van der Waals surface area contributed by atoms with Gasteiger partial charge < -0.3 is 19.5 Å². The van der Waals surface area contributed by atoms with Crippen molar-refractivity contribution in [2.45, 2.75) is 6.42 Å². The number of aliphatic hydroxyl groups excluding tert-OH is 1. The summed E-state index contributed by atoms with van der Waals surface area (Å²) >= 11 is 0. The van der Waals surface area contributed by atoms with Crippen molar-refractivity contribution in [3.05, 3.63) is 14.4 Å². The number of hydrogen-bond donors (Lipinski definition) is 1. The van der Waals surface area contributed by atoms with Crippen molar-refractivity contribution in [3.63, 3.8) is 0 Å². The summed E-state index contributed by atoms with van der Waals surface area (Å²) in [5.41, 5.74) is 0. The van der Waals surface area contributed by atoms with Gasteiger partial charge in [0.1, 0.15) is 0 Å². The van der Waals surface area contributed by atoms with Gasteiger partial charge >= 0.3 is 0 Å². The SMILES string of the molecule is [CH2-]CCO.[CH3-].[Y]. The molecule has 0 saturated carbocycles. The first-order valence-corrected chi connectivity index (χ1v) is 1.32. The maximum absolute atomic E-state index is 7.81. The first-order chi connectivity index (χ1) is 1.91. The zero-order chi connectivity index (χ0) is 3.41. The molecule has 37 valence electrons. The Kier molecular flexibility index (Phi) is 43.4. The maximum Gasteiger partial charge on any atom is 0.0159 e. The Labute approximate surface area is 65.0 Å². The molecule has 0 aliphatic rings. The first kappa shape index (κ1) is 15.7. The summed E-state index contributed by atoms with van der Waals surface area (Å²) in [7, 11) is 0. The first-order valence-electron chi connectivity index (χ1n) is 1.32. The molecule has 0 aromatic rings. The van der Waals surface area contributed by atoms with Crippen molar-refractivity contribution in [3.8, 4) is 0 Å². The zero-order valence-electron chi connectivity index (χ0n) is 4.15. The molecule has 0 aromatic heterocycles. The smallest absolute Gasteiger partial charge is 0.0159 e. The maximum atomic E-state index is 7.81. The van der Waals surface area contributed by atoms with Crippen LogP contribution in [0, 0.1) is 14.4 Å². The van der Waals surface area contributed by atoms with E-state index in [0.29, 0.717) is 6.42 Å². The van der Waals surface area contributed by atoms with E-state index in [1.54, 1.807) is 0 Å². The Morgan fingerprint density at radius 2 is 1.67 bits per heavy atom. The van der Waals surface area contributed by atoms with Gasteiger partial charge in [-0.1, -0.05) is 0 Å². The molecule has 0 fully saturated rings. The molecule has 0 amide bonds. The molecule has 0 unspecified atom stereocenters. The van der Waals surface area contributed by atoms with Gasteiger partial charge in [-0.2, -0.15) is 6.42 Å². The van der Waals surface area contributed by atoms with E-state index in [2.05, 4.69) is 6.92 Å². The summed E-state index contributed by atoms with van der Waals surface area (Å²) < 4.78 is 0. The van der Waals surface area contributed by atoms with Crippen molar-refractivity contribution in [1.82, 2.24) is 0 Å². The molecule has 0 saturated heterocycles. The number of aliphatic hydroxyl groups is 1. The van der Waals surface area contributed by atoms with Crippen LogP contribution < -0.4 is 0 Å². The van der Waals surface area contributed by atoms with Crippen LogP contribution in [-0.4, -0.2) is 11.7 Å². The van der Waals surface area contributed by atoms with E-state index in [1.807, 2.05) is 0 Å². The van der Waals surface area contributed by atoms with Crippen molar-refractivity contribution >= 4 is 0 Å². The fraction of sp³-hybridized carbons (Fsp3) is 0.500. The molecule has 0 aliphatic carbocycles. The fourth-order valence-electron chi connectivity index (χ4n) is 0. The average molecular weight is 163 g/mol. The molecular weight excluding hydrogens is 153 g/mol. The van der Waals surface area contributed by atoms with Crippen LogP contribution in [0.15, 0.2) is 0 Å². The Morgan fingerprint density at radius 3 is 1.67 bits per heavy atom. The summed E-state index contributed by atoms with van der Waals surface area (Å²) in [6, 6.07) is 0. The minimum Gasteiger partial charge on any atom is -0.399 e. The fourth-order valence-corrected chi connectivity index (χ4v) is 0. The molecular formula is C4H10OY-2. The minimum absolute atomic E-state index is 0. The van der Waals surface area contributed by atoms with Gasteiger partial charge in [0.15, 0.2) is 0 Å². The van der Waals surface area contributed by atoms with Gasteiger partial charge in [-0.3, -0.25) is 0 Å². The van der Waals surface area contributed by atoms with Gasteiger partial charge in [0.25, 0.3) is 0 Å². The van der Waals surface area contributed by atoms with Crippen LogP contribution in [0.2, 0.25) is 0 Å². The molecule has 0 spiro atoms. The van der Waals surface area contributed by atoms with E-state index in [-0.39, 0.29) is 46.7 Å². The third kappa shape index (κ3) is 19.6. The molecule has 0 aromatic carbocycles. The molecule has 1 N–H and O–H groups in total. The molecule has 0 rings (SSSR count). The summed E-state index contributed by atoms with van der Waals surface area (Å²) in [6.45, 7) is 3.56. The average Bonchev–Trinajstić information content (AvgIpc) is 1.37. The molecule has 0 aliphatic heterocycles. The molecule has 1 nitrogen and oxygen atoms in total. The Hall–Kier alpha value is 1.06. The van der Waals surface area contributed by atoms with Crippen molar-refractivity contribution in [2.75, 3.05) is 6.61 Å². The van der Waals surface area contributed by atoms with Gasteiger partial charge in [0.2, 0.25) is 0 Å². The van der Waals surface area contributed by atoms with Crippen LogP contribution in [0.4, 0.5) is 0 Å². The van der Waals surface area contributed by atoms with Crippen molar-refractivity contribution in [2.24, 2.45) is 0 Å². The Bertz CT molecular complexity index is 9.51. The van der Waals surface area contributed by atoms with Crippen LogP contribution in [-0.2, 0) is 32.7 Å². The van der Waals surface area contributed by atoms with Crippen LogP contribution in [0.3, 0.4) is 0 Å². The van der Waals surface area contributed by atoms with Crippen LogP contribution >= 0.6 is 0 Å². The van der Waals surface area contributed by atoms with E-state index in [4.69, 9.17) is 5.11 Å². The number of rotatable bonds is 1. The van der Waals surface area contributed by atoms with Gasteiger partial charge in [-0.25, -0.2) is 0 Å². The third-order valence-electron chi connectivity index (χ3n) is 0.158. The molecule has 1 radical (unpaired) electrons. The zero-order valence-corrected chi connectivity index (χ0v) is 6.98. The monoisotopic (exact) mass is 163 g/mol. The molecule has 2 heteroatoms. The quantitative estimate of drug-likeness (QED) is 0.562. The summed E-state index contributed by atoms with van der Waals surface area (Å²) in [5.74, 6) is 0. The summed E-state index contributed by atoms with van der Waals surface area (Å²) in [5, 5.41) is 7.81. The van der Waals surface area contributed by atoms with E-state index in [0.717, 1.165) is 0 Å².